The Morgan fingerprint density at radius 2 is 1.91 bits per heavy atom. The van der Waals surface area contributed by atoms with E-state index >= 15 is 0 Å². The van der Waals surface area contributed by atoms with E-state index in [1.807, 2.05) is 4.90 Å². The summed E-state index contributed by atoms with van der Waals surface area (Å²) in [4.78, 5) is 20.0. The highest BCUT2D eigenvalue weighted by atomic mass is 19.2. The molecule has 2 aliphatic rings. The summed E-state index contributed by atoms with van der Waals surface area (Å²) in [6, 6.07) is 5.13. The number of amides is 1. The van der Waals surface area contributed by atoms with E-state index in [4.69, 9.17) is 0 Å². The fraction of sp³-hybridized carbons (Fsp3) is 0.280. The molecular weight excluding hydrogens is 457 g/mol. The van der Waals surface area contributed by atoms with E-state index in [1.54, 1.807) is 53.3 Å². The highest BCUT2D eigenvalue weighted by Crippen LogP contribution is 2.45. The molecule has 0 spiro atoms. The average Bonchev–Trinajstić information content (AvgIpc) is 3.49. The quantitative estimate of drug-likeness (QED) is 0.410. The molecule has 3 aromatic heterocycles. The normalized spacial score (nSPS) is 19.0. The molecule has 2 aliphatic heterocycles. The van der Waals surface area contributed by atoms with Crippen molar-refractivity contribution in [3.8, 4) is 16.9 Å². The van der Waals surface area contributed by atoms with Crippen molar-refractivity contribution in [1.29, 1.82) is 0 Å². The topological polar surface area (TPSA) is 68.8 Å². The molecule has 2 bridgehead atoms. The van der Waals surface area contributed by atoms with E-state index in [0.717, 1.165) is 37.0 Å². The van der Waals surface area contributed by atoms with Crippen molar-refractivity contribution in [1.82, 2.24) is 29.4 Å². The molecule has 1 aromatic carbocycles. The Kier molecular flexibility index (Phi) is 4.98. The van der Waals surface area contributed by atoms with Gasteiger partial charge in [0.1, 0.15) is 0 Å². The molecule has 7 nitrogen and oxygen atoms in total. The lowest BCUT2D eigenvalue weighted by atomic mass is 9.81. The summed E-state index contributed by atoms with van der Waals surface area (Å²) in [7, 11) is 1.69. The van der Waals surface area contributed by atoms with Crippen LogP contribution in [0.5, 0.6) is 0 Å². The third-order valence-electron chi connectivity index (χ3n) is 6.95. The second kappa shape index (κ2) is 8.07. The first-order chi connectivity index (χ1) is 16.9. The van der Waals surface area contributed by atoms with Gasteiger partial charge in [0, 0.05) is 49.0 Å². The minimum absolute atomic E-state index is 0.113. The van der Waals surface area contributed by atoms with Crippen molar-refractivity contribution >= 4 is 5.91 Å². The Balaban J connectivity index is 1.44. The van der Waals surface area contributed by atoms with Crippen LogP contribution in [0.2, 0.25) is 0 Å². The summed E-state index contributed by atoms with van der Waals surface area (Å²) >= 11 is 0. The number of hydrogen-bond acceptors (Lipinski definition) is 4. The molecule has 4 aromatic rings. The number of carbonyl (C=O) groups excluding carboxylic acids is 1. The van der Waals surface area contributed by atoms with Gasteiger partial charge in [-0.25, -0.2) is 17.9 Å². The Morgan fingerprint density at radius 3 is 2.66 bits per heavy atom. The standard InChI is InChI=1S/C25H21F3N6O/c1-32-24(14-10-18(26)22(28)19(27)11-14)16-12-15-4-2-5-21(23(16)31-32)34(15)25(35)17-13-29-8-6-20(17)33-9-3-7-30-33/h3,6-11,13,15,21H,2,4-5,12H2,1H3/t15-,21+/m0/s1. The molecule has 2 atom stereocenters. The molecule has 1 amide bonds. The zero-order valence-corrected chi connectivity index (χ0v) is 18.8. The van der Waals surface area contributed by atoms with Crippen molar-refractivity contribution in [3.63, 3.8) is 0 Å². The lowest BCUT2D eigenvalue weighted by Crippen LogP contribution is -2.50. The third kappa shape index (κ3) is 3.35. The Morgan fingerprint density at radius 1 is 1.11 bits per heavy atom. The number of carbonyl (C=O) groups is 1. The predicted octanol–water partition coefficient (Wildman–Crippen LogP) is 4.38. The van der Waals surface area contributed by atoms with Gasteiger partial charge in [-0.3, -0.25) is 14.5 Å². The van der Waals surface area contributed by atoms with E-state index in [9.17, 15) is 18.0 Å². The van der Waals surface area contributed by atoms with Crippen molar-refractivity contribution in [2.45, 2.75) is 37.8 Å². The van der Waals surface area contributed by atoms with Gasteiger partial charge >= 0.3 is 0 Å². The van der Waals surface area contributed by atoms with E-state index < -0.39 is 17.5 Å². The van der Waals surface area contributed by atoms with Crippen molar-refractivity contribution in [2.75, 3.05) is 0 Å². The van der Waals surface area contributed by atoms with E-state index in [-0.39, 0.29) is 23.6 Å². The maximum atomic E-state index is 14.0. The number of halogens is 3. The van der Waals surface area contributed by atoms with Crippen LogP contribution >= 0.6 is 0 Å². The summed E-state index contributed by atoms with van der Waals surface area (Å²) in [5, 5.41) is 8.95. The van der Waals surface area contributed by atoms with Gasteiger partial charge in [0.25, 0.3) is 5.91 Å². The summed E-state index contributed by atoms with van der Waals surface area (Å²) in [5.41, 5.74) is 3.40. The number of aromatic nitrogens is 5. The maximum Gasteiger partial charge on any atom is 0.258 e. The van der Waals surface area contributed by atoms with Gasteiger partial charge in [-0.05, 0) is 49.9 Å². The molecule has 0 radical (unpaired) electrons. The Hall–Kier alpha value is -3.95. The second-order valence-corrected chi connectivity index (χ2v) is 8.95. The molecule has 1 fully saturated rings. The first-order valence-electron chi connectivity index (χ1n) is 11.4. The number of nitrogens with zero attached hydrogens (tertiary/aromatic N) is 6. The van der Waals surface area contributed by atoms with Crippen molar-refractivity contribution in [3.05, 3.63) is 83.3 Å². The molecule has 0 unspecified atom stereocenters. The fourth-order valence-corrected chi connectivity index (χ4v) is 5.50. The summed E-state index contributed by atoms with van der Waals surface area (Å²) in [6.45, 7) is 0. The molecule has 5 heterocycles. The molecular formula is C25H21F3N6O. The number of rotatable bonds is 3. The Bertz CT molecular complexity index is 1420. The van der Waals surface area contributed by atoms with Crippen LogP contribution < -0.4 is 0 Å². The number of piperidine rings is 1. The molecule has 6 rings (SSSR count). The van der Waals surface area contributed by atoms with Crippen LogP contribution in [-0.4, -0.2) is 41.4 Å². The van der Waals surface area contributed by atoms with Crippen LogP contribution in [-0.2, 0) is 13.5 Å². The first-order valence-corrected chi connectivity index (χ1v) is 11.4. The Labute approximate surface area is 198 Å². The molecule has 178 valence electrons. The van der Waals surface area contributed by atoms with Crippen LogP contribution in [0.25, 0.3) is 16.9 Å². The third-order valence-corrected chi connectivity index (χ3v) is 6.95. The molecule has 35 heavy (non-hydrogen) atoms. The highest BCUT2D eigenvalue weighted by molar-refractivity contribution is 5.98. The van der Waals surface area contributed by atoms with Crippen LogP contribution in [0.4, 0.5) is 13.2 Å². The molecule has 10 heteroatoms. The second-order valence-electron chi connectivity index (χ2n) is 8.95. The van der Waals surface area contributed by atoms with Gasteiger partial charge in [0.05, 0.1) is 28.7 Å². The summed E-state index contributed by atoms with van der Waals surface area (Å²) in [5.74, 6) is -4.14. The lowest BCUT2D eigenvalue weighted by Gasteiger charge is -2.45. The fourth-order valence-electron chi connectivity index (χ4n) is 5.50. The van der Waals surface area contributed by atoms with Crippen molar-refractivity contribution < 1.29 is 18.0 Å². The highest BCUT2D eigenvalue weighted by Gasteiger charge is 2.44. The molecule has 0 aliphatic carbocycles. The number of aryl methyl sites for hydroxylation is 1. The number of hydrogen-bond donors (Lipinski definition) is 0. The average molecular weight is 478 g/mol. The van der Waals surface area contributed by atoms with Gasteiger partial charge in [-0.15, -0.1) is 0 Å². The zero-order valence-electron chi connectivity index (χ0n) is 18.8. The van der Waals surface area contributed by atoms with Gasteiger partial charge in [0.2, 0.25) is 0 Å². The van der Waals surface area contributed by atoms with Gasteiger partial charge in [-0.1, -0.05) is 0 Å². The van der Waals surface area contributed by atoms with Gasteiger partial charge < -0.3 is 4.90 Å². The minimum atomic E-state index is -1.50. The first kappa shape index (κ1) is 21.6. The van der Waals surface area contributed by atoms with Crippen molar-refractivity contribution in [2.24, 2.45) is 7.05 Å². The van der Waals surface area contributed by atoms with Crippen LogP contribution in [0, 0.1) is 17.5 Å². The predicted molar refractivity (Wildman–Crippen MR) is 120 cm³/mol. The lowest BCUT2D eigenvalue weighted by molar-refractivity contribution is 0.0391. The van der Waals surface area contributed by atoms with E-state index in [2.05, 4.69) is 15.2 Å². The van der Waals surface area contributed by atoms with Crippen LogP contribution in [0.15, 0.2) is 49.1 Å². The molecule has 0 N–H and O–H groups in total. The maximum absolute atomic E-state index is 14.0. The number of benzene rings is 1. The SMILES string of the molecule is Cn1nc2c(c1-c1cc(F)c(F)c(F)c1)C[C@@H]1CCC[C@H]2N1C(=O)c1cnccc1-n1cccn1. The summed E-state index contributed by atoms with van der Waals surface area (Å²) in [6.07, 6.45) is 9.52. The van der Waals surface area contributed by atoms with Crippen LogP contribution in [0.1, 0.15) is 46.9 Å². The van der Waals surface area contributed by atoms with Gasteiger partial charge in [-0.2, -0.15) is 10.2 Å². The monoisotopic (exact) mass is 478 g/mol. The summed E-state index contributed by atoms with van der Waals surface area (Å²) < 4.78 is 44.8. The number of pyridine rings is 1. The molecule has 0 saturated carbocycles. The smallest absolute Gasteiger partial charge is 0.258 e. The van der Waals surface area contributed by atoms with Gasteiger partial charge in [0.15, 0.2) is 17.5 Å². The zero-order chi connectivity index (χ0) is 24.3. The number of fused-ring (bicyclic) bond motifs is 4. The van der Waals surface area contributed by atoms with Crippen LogP contribution in [0.3, 0.4) is 0 Å². The largest absolute Gasteiger partial charge is 0.327 e. The van der Waals surface area contributed by atoms with E-state index in [1.165, 1.54) is 0 Å². The molecule has 1 saturated heterocycles. The van der Waals surface area contributed by atoms with E-state index in [0.29, 0.717) is 29.1 Å². The minimum Gasteiger partial charge on any atom is -0.327 e.